The zero-order valence-electron chi connectivity index (χ0n) is 17.9. The zero-order valence-corrected chi connectivity index (χ0v) is 19.5. The Bertz CT molecular complexity index is 1330. The van der Waals surface area contributed by atoms with E-state index in [0.29, 0.717) is 17.1 Å². The van der Waals surface area contributed by atoms with Gasteiger partial charge in [-0.1, -0.05) is 76.6 Å². The van der Waals surface area contributed by atoms with Crippen molar-refractivity contribution >= 4 is 40.0 Å². The maximum absolute atomic E-state index is 12.8. The first-order valence-corrected chi connectivity index (χ1v) is 11.2. The predicted molar refractivity (Wildman–Crippen MR) is 136 cm³/mol. The highest BCUT2D eigenvalue weighted by atomic mass is 79.9. The SMILES string of the molecule is O=C(N/N=C\c1ccc(-c2ccc(Br)cc2)o1)/C(=C\c1ccccc1)NC(=O)c1ccccc1. The molecular formula is C27H20BrN3O3. The number of furan rings is 1. The van der Waals surface area contributed by atoms with Gasteiger partial charge in [-0.15, -0.1) is 0 Å². The fraction of sp³-hybridized carbons (Fsp3) is 0. The van der Waals surface area contributed by atoms with Crippen molar-refractivity contribution in [1.82, 2.24) is 10.7 Å². The molecule has 2 N–H and O–H groups in total. The molecular weight excluding hydrogens is 494 g/mol. The van der Waals surface area contributed by atoms with Crippen molar-refractivity contribution in [2.24, 2.45) is 5.10 Å². The molecule has 6 nitrogen and oxygen atoms in total. The molecule has 0 fully saturated rings. The van der Waals surface area contributed by atoms with E-state index >= 15 is 0 Å². The number of benzene rings is 3. The second-order valence-electron chi connectivity index (χ2n) is 7.20. The van der Waals surface area contributed by atoms with Crippen LogP contribution >= 0.6 is 15.9 Å². The van der Waals surface area contributed by atoms with Crippen LogP contribution in [-0.2, 0) is 4.79 Å². The van der Waals surface area contributed by atoms with Crippen molar-refractivity contribution in [1.29, 1.82) is 0 Å². The molecule has 168 valence electrons. The van der Waals surface area contributed by atoms with Crippen LogP contribution in [0.2, 0.25) is 0 Å². The van der Waals surface area contributed by atoms with Crippen LogP contribution in [0, 0.1) is 0 Å². The number of rotatable bonds is 7. The lowest BCUT2D eigenvalue weighted by Gasteiger charge is -2.09. The number of carbonyl (C=O) groups is 2. The van der Waals surface area contributed by atoms with Crippen LogP contribution < -0.4 is 10.7 Å². The van der Waals surface area contributed by atoms with Crippen molar-refractivity contribution in [3.8, 4) is 11.3 Å². The number of nitrogens with zero attached hydrogens (tertiary/aromatic N) is 1. The highest BCUT2D eigenvalue weighted by Crippen LogP contribution is 2.23. The lowest BCUT2D eigenvalue weighted by Crippen LogP contribution is -2.32. The van der Waals surface area contributed by atoms with Crippen molar-refractivity contribution in [3.05, 3.63) is 124 Å². The fourth-order valence-corrected chi connectivity index (χ4v) is 3.33. The van der Waals surface area contributed by atoms with E-state index in [9.17, 15) is 9.59 Å². The molecule has 3 aromatic carbocycles. The van der Waals surface area contributed by atoms with Gasteiger partial charge in [-0.05, 0) is 48.0 Å². The Morgan fingerprint density at radius 1 is 0.824 bits per heavy atom. The van der Waals surface area contributed by atoms with Gasteiger partial charge in [0.1, 0.15) is 17.2 Å². The maximum Gasteiger partial charge on any atom is 0.287 e. The van der Waals surface area contributed by atoms with E-state index < -0.39 is 11.8 Å². The third kappa shape index (κ3) is 6.17. The number of hydrazone groups is 1. The first kappa shape index (κ1) is 22.9. The Balaban J connectivity index is 1.47. The van der Waals surface area contributed by atoms with Crippen molar-refractivity contribution in [3.63, 3.8) is 0 Å². The van der Waals surface area contributed by atoms with Crippen LogP contribution in [0.5, 0.6) is 0 Å². The summed E-state index contributed by atoms with van der Waals surface area (Å²) in [6, 6.07) is 29.2. The highest BCUT2D eigenvalue weighted by Gasteiger charge is 2.14. The summed E-state index contributed by atoms with van der Waals surface area (Å²) in [7, 11) is 0. The molecule has 2 amide bonds. The molecule has 7 heteroatoms. The van der Waals surface area contributed by atoms with Crippen LogP contribution in [0.25, 0.3) is 17.4 Å². The molecule has 0 radical (unpaired) electrons. The zero-order chi connectivity index (χ0) is 23.8. The molecule has 1 heterocycles. The summed E-state index contributed by atoms with van der Waals surface area (Å²) in [5.74, 6) is 0.191. The van der Waals surface area contributed by atoms with Gasteiger partial charge in [0.05, 0.1) is 6.21 Å². The van der Waals surface area contributed by atoms with Gasteiger partial charge in [-0.3, -0.25) is 9.59 Å². The Hall–Kier alpha value is -4.23. The number of amides is 2. The van der Waals surface area contributed by atoms with Crippen molar-refractivity contribution in [2.45, 2.75) is 0 Å². The first-order valence-electron chi connectivity index (χ1n) is 10.4. The maximum atomic E-state index is 12.8. The first-order chi connectivity index (χ1) is 16.6. The van der Waals surface area contributed by atoms with Crippen LogP contribution in [0.1, 0.15) is 21.7 Å². The molecule has 0 saturated heterocycles. The van der Waals surface area contributed by atoms with Gasteiger partial charge in [0.15, 0.2) is 0 Å². The molecule has 0 saturated carbocycles. The van der Waals surface area contributed by atoms with Gasteiger partial charge < -0.3 is 9.73 Å². The molecule has 0 bridgehead atoms. The number of nitrogens with one attached hydrogen (secondary N) is 2. The van der Waals surface area contributed by atoms with Crippen LogP contribution in [0.3, 0.4) is 0 Å². The van der Waals surface area contributed by atoms with E-state index in [1.165, 1.54) is 6.21 Å². The summed E-state index contributed by atoms with van der Waals surface area (Å²) in [5.41, 5.74) is 4.63. The molecule has 4 rings (SSSR count). The van der Waals surface area contributed by atoms with E-state index in [0.717, 1.165) is 15.6 Å². The minimum Gasteiger partial charge on any atom is -0.455 e. The number of hydrogen-bond acceptors (Lipinski definition) is 4. The molecule has 34 heavy (non-hydrogen) atoms. The molecule has 0 atom stereocenters. The summed E-state index contributed by atoms with van der Waals surface area (Å²) in [4.78, 5) is 25.4. The number of carbonyl (C=O) groups excluding carboxylic acids is 2. The highest BCUT2D eigenvalue weighted by molar-refractivity contribution is 9.10. The predicted octanol–water partition coefficient (Wildman–Crippen LogP) is 5.63. The molecule has 4 aromatic rings. The normalized spacial score (nSPS) is 11.4. The van der Waals surface area contributed by atoms with Crippen LogP contribution in [0.4, 0.5) is 0 Å². The van der Waals surface area contributed by atoms with E-state index in [2.05, 4.69) is 31.8 Å². The van der Waals surface area contributed by atoms with E-state index in [4.69, 9.17) is 4.42 Å². The van der Waals surface area contributed by atoms with Crippen molar-refractivity contribution in [2.75, 3.05) is 0 Å². The third-order valence-corrected chi connectivity index (χ3v) is 5.28. The second kappa shape index (κ2) is 11.1. The summed E-state index contributed by atoms with van der Waals surface area (Å²) in [6.07, 6.45) is 2.99. The summed E-state index contributed by atoms with van der Waals surface area (Å²) in [5, 5.41) is 6.66. The van der Waals surface area contributed by atoms with Gasteiger partial charge >= 0.3 is 0 Å². The number of hydrogen-bond donors (Lipinski definition) is 2. The summed E-state index contributed by atoms with van der Waals surface area (Å²) < 4.78 is 6.75. The summed E-state index contributed by atoms with van der Waals surface area (Å²) >= 11 is 3.41. The topological polar surface area (TPSA) is 83.7 Å². The standard InChI is InChI=1S/C27H20BrN3O3/c28-22-13-11-20(12-14-22)25-16-15-23(34-25)18-29-31-27(33)24(17-19-7-3-1-4-8-19)30-26(32)21-9-5-2-6-10-21/h1-18H,(H,30,32)(H,31,33)/b24-17+,29-18-. The van der Waals surface area contributed by atoms with Gasteiger partial charge in [0.25, 0.3) is 11.8 Å². The van der Waals surface area contributed by atoms with Gasteiger partial charge in [0.2, 0.25) is 0 Å². The minimum absolute atomic E-state index is 0.0622. The monoisotopic (exact) mass is 513 g/mol. The molecule has 1 aromatic heterocycles. The average Bonchev–Trinajstić information content (AvgIpc) is 3.34. The molecule has 0 spiro atoms. The molecule has 0 aliphatic carbocycles. The van der Waals surface area contributed by atoms with Gasteiger partial charge in [0, 0.05) is 15.6 Å². The number of halogens is 1. The largest absolute Gasteiger partial charge is 0.455 e. The Morgan fingerprint density at radius 2 is 1.50 bits per heavy atom. The summed E-state index contributed by atoms with van der Waals surface area (Å²) in [6.45, 7) is 0. The second-order valence-corrected chi connectivity index (χ2v) is 8.11. The van der Waals surface area contributed by atoms with E-state index in [-0.39, 0.29) is 5.70 Å². The molecule has 0 aliphatic heterocycles. The Morgan fingerprint density at radius 3 is 2.21 bits per heavy atom. The quantitative estimate of drug-likeness (QED) is 0.191. The lowest BCUT2D eigenvalue weighted by molar-refractivity contribution is -0.117. The van der Waals surface area contributed by atoms with Crippen LogP contribution in [0.15, 0.2) is 117 Å². The van der Waals surface area contributed by atoms with Gasteiger partial charge in [-0.2, -0.15) is 5.10 Å². The van der Waals surface area contributed by atoms with E-state index in [1.54, 1.807) is 36.4 Å². The average molecular weight is 514 g/mol. The molecule has 0 aliphatic rings. The smallest absolute Gasteiger partial charge is 0.287 e. The van der Waals surface area contributed by atoms with Gasteiger partial charge in [-0.25, -0.2) is 5.43 Å². The Labute approximate surface area is 205 Å². The Kier molecular flexibility index (Phi) is 7.47. The lowest BCUT2D eigenvalue weighted by atomic mass is 10.1. The molecule has 0 unspecified atom stereocenters. The van der Waals surface area contributed by atoms with Crippen LogP contribution in [-0.4, -0.2) is 18.0 Å². The van der Waals surface area contributed by atoms with Crippen molar-refractivity contribution < 1.29 is 14.0 Å². The fourth-order valence-electron chi connectivity index (χ4n) is 3.06. The minimum atomic E-state index is -0.566. The third-order valence-electron chi connectivity index (χ3n) is 4.75. The van der Waals surface area contributed by atoms with E-state index in [1.807, 2.05) is 66.7 Å².